The summed E-state index contributed by atoms with van der Waals surface area (Å²) in [6.07, 6.45) is 0.422. The van der Waals surface area contributed by atoms with Crippen molar-refractivity contribution < 1.29 is 14.4 Å². The Kier molecular flexibility index (Phi) is 4.22. The highest BCUT2D eigenvalue weighted by Crippen LogP contribution is 2.42. The van der Waals surface area contributed by atoms with Crippen LogP contribution in [0.4, 0.5) is 17.1 Å². The normalized spacial score (nSPS) is 20.3. The van der Waals surface area contributed by atoms with Crippen molar-refractivity contribution in [1.82, 2.24) is 0 Å². The van der Waals surface area contributed by atoms with E-state index in [9.17, 15) is 14.4 Å². The molecular weight excluding hydrogens is 354 g/mol. The van der Waals surface area contributed by atoms with Gasteiger partial charge in [0.25, 0.3) is 5.91 Å². The van der Waals surface area contributed by atoms with Crippen LogP contribution < -0.4 is 15.1 Å². The first kappa shape index (κ1) is 18.2. The highest BCUT2D eigenvalue weighted by atomic mass is 16.2. The molecule has 0 fully saturated rings. The summed E-state index contributed by atoms with van der Waals surface area (Å²) in [7, 11) is 1.73. The van der Waals surface area contributed by atoms with Crippen LogP contribution in [0.5, 0.6) is 0 Å². The molecule has 0 aromatic heterocycles. The quantitative estimate of drug-likeness (QED) is 0.873. The molecule has 0 aliphatic carbocycles. The van der Waals surface area contributed by atoms with Gasteiger partial charge in [0.05, 0.1) is 11.4 Å². The molecule has 2 aliphatic rings. The van der Waals surface area contributed by atoms with Gasteiger partial charge in [-0.05, 0) is 37.6 Å². The molecule has 0 saturated carbocycles. The van der Waals surface area contributed by atoms with Crippen LogP contribution in [0.25, 0.3) is 0 Å². The van der Waals surface area contributed by atoms with Crippen LogP contribution in [0.1, 0.15) is 38.2 Å². The number of para-hydroxylation sites is 3. The zero-order chi connectivity index (χ0) is 20.1. The third-order valence-corrected chi connectivity index (χ3v) is 5.65. The summed E-state index contributed by atoms with van der Waals surface area (Å²) >= 11 is 0. The minimum absolute atomic E-state index is 0.0920. The highest BCUT2D eigenvalue weighted by Gasteiger charge is 2.46. The summed E-state index contributed by atoms with van der Waals surface area (Å²) in [4.78, 5) is 41.7. The Morgan fingerprint density at radius 1 is 1.07 bits per heavy atom. The highest BCUT2D eigenvalue weighted by molar-refractivity contribution is 6.15. The van der Waals surface area contributed by atoms with Crippen molar-refractivity contribution in [3.63, 3.8) is 0 Å². The van der Waals surface area contributed by atoms with Gasteiger partial charge in [-0.2, -0.15) is 0 Å². The number of hydrogen-bond acceptors (Lipinski definition) is 3. The fourth-order valence-electron chi connectivity index (χ4n) is 4.29. The lowest BCUT2D eigenvalue weighted by atomic mass is 9.86. The lowest BCUT2D eigenvalue weighted by molar-refractivity contribution is -0.128. The van der Waals surface area contributed by atoms with Crippen molar-refractivity contribution in [2.45, 2.75) is 38.1 Å². The summed E-state index contributed by atoms with van der Waals surface area (Å²) < 4.78 is 0. The van der Waals surface area contributed by atoms with E-state index in [1.165, 1.54) is 0 Å². The van der Waals surface area contributed by atoms with Gasteiger partial charge < -0.3 is 10.2 Å². The smallest absolute Gasteiger partial charge is 0.252 e. The Balaban J connectivity index is 1.71. The molecule has 0 saturated heterocycles. The molecule has 6 heteroatoms. The number of benzene rings is 2. The number of nitrogens with zero attached hydrogens (tertiary/aromatic N) is 2. The van der Waals surface area contributed by atoms with Gasteiger partial charge in [-0.3, -0.25) is 19.3 Å². The lowest BCUT2D eigenvalue weighted by Crippen LogP contribution is -2.61. The molecule has 2 heterocycles. The molecule has 1 unspecified atom stereocenters. The summed E-state index contributed by atoms with van der Waals surface area (Å²) in [5, 5.41) is 2.86. The fraction of sp³-hybridized carbons (Fsp3) is 0.318. The maximum absolute atomic E-state index is 13.4. The van der Waals surface area contributed by atoms with E-state index in [2.05, 4.69) is 5.32 Å². The second-order valence-corrected chi connectivity index (χ2v) is 7.88. The van der Waals surface area contributed by atoms with Gasteiger partial charge in [-0.1, -0.05) is 30.3 Å². The van der Waals surface area contributed by atoms with Crippen LogP contribution in [-0.4, -0.2) is 30.3 Å². The Morgan fingerprint density at radius 3 is 2.46 bits per heavy atom. The van der Waals surface area contributed by atoms with Crippen molar-refractivity contribution in [3.8, 4) is 0 Å². The molecule has 0 spiro atoms. The van der Waals surface area contributed by atoms with Crippen LogP contribution in [0.2, 0.25) is 0 Å². The Morgan fingerprint density at radius 2 is 1.71 bits per heavy atom. The average Bonchev–Trinajstić information content (AvgIpc) is 2.66. The molecule has 0 radical (unpaired) electrons. The van der Waals surface area contributed by atoms with E-state index in [0.29, 0.717) is 11.4 Å². The molecule has 1 N–H and O–H groups in total. The SMILES string of the molecule is CN1C(=O)C(C)(C)N(C(=O)CC2CC(=O)Nc3ccccc32)c2ccccc21. The van der Waals surface area contributed by atoms with E-state index in [0.717, 1.165) is 11.3 Å². The first-order chi connectivity index (χ1) is 13.3. The molecule has 6 nitrogen and oxygen atoms in total. The minimum atomic E-state index is -1.00. The summed E-state index contributed by atoms with van der Waals surface area (Å²) in [6.45, 7) is 3.53. The van der Waals surface area contributed by atoms with Crippen LogP contribution >= 0.6 is 0 Å². The predicted octanol–water partition coefficient (Wildman–Crippen LogP) is 3.29. The number of nitrogens with one attached hydrogen (secondary N) is 1. The van der Waals surface area contributed by atoms with Gasteiger partial charge >= 0.3 is 0 Å². The number of amides is 3. The predicted molar refractivity (Wildman–Crippen MR) is 108 cm³/mol. The van der Waals surface area contributed by atoms with Crippen LogP contribution in [0.15, 0.2) is 48.5 Å². The number of fused-ring (bicyclic) bond motifs is 2. The van der Waals surface area contributed by atoms with Crippen molar-refractivity contribution in [2.24, 2.45) is 0 Å². The number of carbonyl (C=O) groups excluding carboxylic acids is 3. The molecule has 3 amide bonds. The Hall–Kier alpha value is -3.15. The molecule has 0 bridgehead atoms. The van der Waals surface area contributed by atoms with E-state index in [1.807, 2.05) is 48.5 Å². The zero-order valence-corrected chi connectivity index (χ0v) is 16.2. The number of rotatable bonds is 2. The summed E-state index contributed by atoms with van der Waals surface area (Å²) in [5.41, 5.74) is 2.14. The van der Waals surface area contributed by atoms with E-state index in [4.69, 9.17) is 0 Å². The first-order valence-electron chi connectivity index (χ1n) is 9.39. The molecule has 2 aromatic rings. The van der Waals surface area contributed by atoms with E-state index >= 15 is 0 Å². The summed E-state index contributed by atoms with van der Waals surface area (Å²) in [5.74, 6) is -0.601. The third-order valence-electron chi connectivity index (χ3n) is 5.65. The van der Waals surface area contributed by atoms with Crippen LogP contribution in [0, 0.1) is 0 Å². The lowest BCUT2D eigenvalue weighted by Gasteiger charge is -2.46. The molecule has 28 heavy (non-hydrogen) atoms. The number of anilines is 3. The van der Waals surface area contributed by atoms with Gasteiger partial charge in [0.2, 0.25) is 11.8 Å². The van der Waals surface area contributed by atoms with Gasteiger partial charge in [-0.25, -0.2) is 0 Å². The van der Waals surface area contributed by atoms with Crippen LogP contribution in [-0.2, 0) is 14.4 Å². The first-order valence-corrected chi connectivity index (χ1v) is 9.39. The van der Waals surface area contributed by atoms with Gasteiger partial charge in [-0.15, -0.1) is 0 Å². The maximum Gasteiger partial charge on any atom is 0.252 e. The molecule has 4 rings (SSSR count). The minimum Gasteiger partial charge on any atom is -0.326 e. The number of hydrogen-bond donors (Lipinski definition) is 1. The maximum atomic E-state index is 13.4. The summed E-state index contributed by atoms with van der Waals surface area (Å²) in [6, 6.07) is 15.0. The largest absolute Gasteiger partial charge is 0.326 e. The Labute approximate surface area is 164 Å². The van der Waals surface area contributed by atoms with Gasteiger partial charge in [0.15, 0.2) is 0 Å². The van der Waals surface area contributed by atoms with Crippen molar-refractivity contribution in [3.05, 3.63) is 54.1 Å². The van der Waals surface area contributed by atoms with Crippen molar-refractivity contribution >= 4 is 34.8 Å². The molecule has 1 atom stereocenters. The van der Waals surface area contributed by atoms with E-state index in [1.54, 1.807) is 30.7 Å². The van der Waals surface area contributed by atoms with E-state index < -0.39 is 5.54 Å². The Bertz CT molecular complexity index is 982. The molecular formula is C22H23N3O3. The van der Waals surface area contributed by atoms with Gasteiger partial charge in [0.1, 0.15) is 5.54 Å². The van der Waals surface area contributed by atoms with E-state index in [-0.39, 0.29) is 36.5 Å². The monoisotopic (exact) mass is 377 g/mol. The second-order valence-electron chi connectivity index (χ2n) is 7.88. The topological polar surface area (TPSA) is 69.7 Å². The van der Waals surface area contributed by atoms with Crippen molar-refractivity contribution in [2.75, 3.05) is 22.2 Å². The number of carbonyl (C=O) groups is 3. The van der Waals surface area contributed by atoms with Crippen LogP contribution in [0.3, 0.4) is 0 Å². The standard InChI is InChI=1S/C22H23N3O3/c1-22(2)21(28)24(3)17-10-6-7-11-18(17)25(22)20(27)13-14-12-19(26)23-16-9-5-4-8-15(14)16/h4-11,14H,12-13H2,1-3H3,(H,23,26). The zero-order valence-electron chi connectivity index (χ0n) is 16.2. The third kappa shape index (κ3) is 2.76. The molecule has 2 aromatic carbocycles. The molecule has 144 valence electrons. The molecule has 2 aliphatic heterocycles. The average molecular weight is 377 g/mol. The fourth-order valence-corrected chi connectivity index (χ4v) is 4.29. The second kappa shape index (κ2) is 6.48. The van der Waals surface area contributed by atoms with Gasteiger partial charge in [0, 0.05) is 31.5 Å². The van der Waals surface area contributed by atoms with Crippen molar-refractivity contribution in [1.29, 1.82) is 0 Å². The number of likely N-dealkylation sites (N-methyl/N-ethyl adjacent to an activating group) is 1.